The summed E-state index contributed by atoms with van der Waals surface area (Å²) in [6, 6.07) is -0.910. The van der Waals surface area contributed by atoms with Gasteiger partial charge in [-0.25, -0.2) is 0 Å². The SMILES string of the molecule is C=CCNC(=O)C(C)NC(CC(C)C)C(=O)OC. The third-order valence-corrected chi connectivity index (χ3v) is 2.46. The molecule has 1 amide bonds. The van der Waals surface area contributed by atoms with E-state index in [1.807, 2.05) is 13.8 Å². The Labute approximate surface area is 109 Å². The van der Waals surface area contributed by atoms with Gasteiger partial charge in [-0.05, 0) is 19.3 Å². The topological polar surface area (TPSA) is 67.4 Å². The monoisotopic (exact) mass is 256 g/mol. The molecule has 2 N–H and O–H groups in total. The molecule has 0 saturated carbocycles. The lowest BCUT2D eigenvalue weighted by Gasteiger charge is -2.22. The maximum atomic E-state index is 11.7. The summed E-state index contributed by atoms with van der Waals surface area (Å²) < 4.78 is 4.73. The van der Waals surface area contributed by atoms with Crippen LogP contribution < -0.4 is 10.6 Å². The zero-order valence-electron chi connectivity index (χ0n) is 11.7. The van der Waals surface area contributed by atoms with E-state index >= 15 is 0 Å². The van der Waals surface area contributed by atoms with Crippen LogP contribution >= 0.6 is 0 Å². The van der Waals surface area contributed by atoms with Crippen molar-refractivity contribution in [1.82, 2.24) is 10.6 Å². The van der Waals surface area contributed by atoms with Crippen molar-refractivity contribution in [2.75, 3.05) is 13.7 Å². The van der Waals surface area contributed by atoms with Crippen molar-refractivity contribution in [1.29, 1.82) is 0 Å². The van der Waals surface area contributed by atoms with Crippen LogP contribution in [0.4, 0.5) is 0 Å². The fraction of sp³-hybridized carbons (Fsp3) is 0.692. The second-order valence-electron chi connectivity index (χ2n) is 4.63. The van der Waals surface area contributed by atoms with Crippen LogP contribution in [0.1, 0.15) is 27.2 Å². The van der Waals surface area contributed by atoms with Gasteiger partial charge < -0.3 is 10.1 Å². The Morgan fingerprint density at radius 3 is 2.39 bits per heavy atom. The Balaban J connectivity index is 4.42. The van der Waals surface area contributed by atoms with Gasteiger partial charge >= 0.3 is 5.97 Å². The van der Waals surface area contributed by atoms with Crippen molar-refractivity contribution in [3.8, 4) is 0 Å². The Hall–Kier alpha value is -1.36. The molecule has 0 saturated heterocycles. The van der Waals surface area contributed by atoms with Crippen LogP contribution in [0.5, 0.6) is 0 Å². The van der Waals surface area contributed by atoms with Crippen molar-refractivity contribution >= 4 is 11.9 Å². The Kier molecular flexibility index (Phi) is 8.03. The van der Waals surface area contributed by atoms with Crippen LogP contribution in [-0.2, 0) is 14.3 Å². The Bertz CT molecular complexity index is 290. The first kappa shape index (κ1) is 16.6. The van der Waals surface area contributed by atoms with E-state index in [-0.39, 0.29) is 11.9 Å². The number of rotatable bonds is 8. The molecule has 0 heterocycles. The van der Waals surface area contributed by atoms with Crippen LogP contribution in [0.2, 0.25) is 0 Å². The largest absolute Gasteiger partial charge is 0.468 e. The number of nitrogens with one attached hydrogen (secondary N) is 2. The minimum atomic E-state index is -0.459. The van der Waals surface area contributed by atoms with E-state index in [9.17, 15) is 9.59 Å². The van der Waals surface area contributed by atoms with Crippen molar-refractivity contribution in [2.24, 2.45) is 5.92 Å². The number of hydrogen-bond donors (Lipinski definition) is 2. The van der Waals surface area contributed by atoms with E-state index < -0.39 is 12.1 Å². The van der Waals surface area contributed by atoms with Gasteiger partial charge in [0.2, 0.25) is 5.91 Å². The molecular weight excluding hydrogens is 232 g/mol. The second kappa shape index (κ2) is 8.69. The average Bonchev–Trinajstić information content (AvgIpc) is 2.33. The van der Waals surface area contributed by atoms with Crippen molar-refractivity contribution < 1.29 is 14.3 Å². The maximum absolute atomic E-state index is 11.7. The molecule has 18 heavy (non-hydrogen) atoms. The molecule has 0 bridgehead atoms. The predicted octanol–water partition coefficient (Wildman–Crippen LogP) is 0.854. The first-order valence-electron chi connectivity index (χ1n) is 6.14. The molecular formula is C13H24N2O3. The number of ether oxygens (including phenoxy) is 1. The van der Waals surface area contributed by atoms with E-state index in [2.05, 4.69) is 17.2 Å². The highest BCUT2D eigenvalue weighted by molar-refractivity contribution is 5.83. The lowest BCUT2D eigenvalue weighted by Crippen LogP contribution is -2.50. The highest BCUT2D eigenvalue weighted by atomic mass is 16.5. The van der Waals surface area contributed by atoms with E-state index in [0.29, 0.717) is 18.9 Å². The third kappa shape index (κ3) is 6.39. The van der Waals surface area contributed by atoms with E-state index in [4.69, 9.17) is 4.74 Å². The summed E-state index contributed by atoms with van der Waals surface area (Å²) in [5, 5.41) is 5.66. The van der Waals surface area contributed by atoms with Crippen molar-refractivity contribution in [3.05, 3.63) is 12.7 Å². The smallest absolute Gasteiger partial charge is 0.322 e. The second-order valence-corrected chi connectivity index (χ2v) is 4.63. The molecule has 0 radical (unpaired) electrons. The molecule has 0 aromatic carbocycles. The van der Waals surface area contributed by atoms with Crippen LogP contribution in [0.25, 0.3) is 0 Å². The number of hydrogen-bond acceptors (Lipinski definition) is 4. The summed E-state index contributed by atoms with van der Waals surface area (Å²) in [7, 11) is 1.35. The molecule has 5 nitrogen and oxygen atoms in total. The van der Waals surface area contributed by atoms with Crippen molar-refractivity contribution in [2.45, 2.75) is 39.3 Å². The highest BCUT2D eigenvalue weighted by Crippen LogP contribution is 2.07. The van der Waals surface area contributed by atoms with Gasteiger partial charge in [0, 0.05) is 6.54 Å². The van der Waals surface area contributed by atoms with Gasteiger partial charge in [-0.1, -0.05) is 19.9 Å². The molecule has 0 aliphatic heterocycles. The molecule has 0 aliphatic rings. The number of esters is 1. The van der Waals surface area contributed by atoms with Crippen LogP contribution in [0.15, 0.2) is 12.7 Å². The van der Waals surface area contributed by atoms with Gasteiger partial charge in [-0.2, -0.15) is 0 Å². The fourth-order valence-electron chi connectivity index (χ4n) is 1.55. The Morgan fingerprint density at radius 2 is 1.94 bits per heavy atom. The van der Waals surface area contributed by atoms with Crippen LogP contribution in [-0.4, -0.2) is 37.6 Å². The summed E-state index contributed by atoms with van der Waals surface area (Å²) in [6.07, 6.45) is 2.24. The van der Waals surface area contributed by atoms with Gasteiger partial charge in [0.25, 0.3) is 0 Å². The number of amides is 1. The van der Waals surface area contributed by atoms with Crippen LogP contribution in [0.3, 0.4) is 0 Å². The number of carbonyl (C=O) groups excluding carboxylic acids is 2. The van der Waals surface area contributed by atoms with Gasteiger partial charge in [-0.3, -0.25) is 14.9 Å². The van der Waals surface area contributed by atoms with Gasteiger partial charge in [0.05, 0.1) is 13.2 Å². The van der Waals surface area contributed by atoms with Gasteiger partial charge in [0.15, 0.2) is 0 Å². The maximum Gasteiger partial charge on any atom is 0.322 e. The van der Waals surface area contributed by atoms with Gasteiger partial charge in [0.1, 0.15) is 6.04 Å². The number of carbonyl (C=O) groups is 2. The summed E-state index contributed by atoms with van der Waals surface area (Å²) in [6.45, 7) is 9.68. The lowest BCUT2D eigenvalue weighted by atomic mass is 10.0. The average molecular weight is 256 g/mol. The zero-order chi connectivity index (χ0) is 14.1. The summed E-state index contributed by atoms with van der Waals surface area (Å²) in [5.74, 6) is -0.162. The lowest BCUT2D eigenvalue weighted by molar-refractivity contribution is -0.144. The van der Waals surface area contributed by atoms with Crippen molar-refractivity contribution in [3.63, 3.8) is 0 Å². The van der Waals surface area contributed by atoms with E-state index in [0.717, 1.165) is 0 Å². The molecule has 0 rings (SSSR count). The van der Waals surface area contributed by atoms with Gasteiger partial charge in [-0.15, -0.1) is 6.58 Å². The minimum Gasteiger partial charge on any atom is -0.468 e. The molecule has 5 heteroatoms. The van der Waals surface area contributed by atoms with E-state index in [1.165, 1.54) is 7.11 Å². The molecule has 0 aliphatic carbocycles. The first-order valence-corrected chi connectivity index (χ1v) is 6.14. The molecule has 0 fully saturated rings. The summed E-state index contributed by atoms with van der Waals surface area (Å²) >= 11 is 0. The Morgan fingerprint density at radius 1 is 1.33 bits per heavy atom. The minimum absolute atomic E-state index is 0.160. The summed E-state index contributed by atoms with van der Waals surface area (Å²) in [4.78, 5) is 23.2. The molecule has 2 unspecified atom stereocenters. The molecule has 0 aromatic rings. The van der Waals surface area contributed by atoms with Crippen LogP contribution in [0, 0.1) is 5.92 Å². The molecule has 2 atom stereocenters. The quantitative estimate of drug-likeness (QED) is 0.499. The predicted molar refractivity (Wildman–Crippen MR) is 71.1 cm³/mol. The first-order chi connectivity index (χ1) is 8.42. The number of methoxy groups -OCH3 is 1. The normalized spacial score (nSPS) is 13.8. The third-order valence-electron chi connectivity index (χ3n) is 2.46. The molecule has 0 spiro atoms. The summed E-state index contributed by atoms with van der Waals surface area (Å²) in [5.41, 5.74) is 0. The van der Waals surface area contributed by atoms with E-state index in [1.54, 1.807) is 13.0 Å². The standard InChI is InChI=1S/C13H24N2O3/c1-6-7-14-12(16)10(4)15-11(8-9(2)3)13(17)18-5/h6,9-11,15H,1,7-8H2,2-5H3,(H,14,16). The highest BCUT2D eigenvalue weighted by Gasteiger charge is 2.24. The molecule has 0 aromatic heterocycles. The zero-order valence-corrected chi connectivity index (χ0v) is 11.7. The fourth-order valence-corrected chi connectivity index (χ4v) is 1.55. The molecule has 104 valence electrons.